The van der Waals surface area contributed by atoms with Crippen LogP contribution in [0.4, 0.5) is 11.4 Å². The number of carboxylic acids is 1. The van der Waals surface area contributed by atoms with E-state index >= 15 is 0 Å². The Balaban J connectivity index is 3.33. The molecule has 64 valence electrons. The minimum absolute atomic E-state index is 0.00491. The zero-order valence-corrected chi connectivity index (χ0v) is 7.01. The second-order valence-corrected chi connectivity index (χ2v) is 2.79. The molecular weight excluding hydrogens is 176 g/mol. The van der Waals surface area contributed by atoms with E-state index in [0.717, 1.165) is 0 Å². The molecule has 0 aliphatic rings. The fourth-order valence-electron chi connectivity index (χ4n) is 0.806. The number of thiol groups is 1. The maximum atomic E-state index is 10.5. The van der Waals surface area contributed by atoms with Crippen LogP contribution in [-0.4, -0.2) is 11.1 Å². The highest BCUT2D eigenvalue weighted by atomic mass is 32.1. The van der Waals surface area contributed by atoms with Crippen LogP contribution >= 0.6 is 12.6 Å². The Morgan fingerprint density at radius 3 is 2.42 bits per heavy atom. The maximum Gasteiger partial charge on any atom is 0.337 e. The molecule has 0 atom stereocenters. The molecule has 0 saturated carbocycles. The van der Waals surface area contributed by atoms with Crippen molar-refractivity contribution in [2.24, 2.45) is 0 Å². The normalized spacial score (nSPS) is 9.75. The Kier molecular flexibility index (Phi) is 2.14. The van der Waals surface area contributed by atoms with Crippen LogP contribution < -0.4 is 11.5 Å². The number of benzene rings is 1. The number of nitrogen functional groups attached to an aromatic ring is 2. The van der Waals surface area contributed by atoms with Gasteiger partial charge in [0.2, 0.25) is 0 Å². The van der Waals surface area contributed by atoms with Crippen molar-refractivity contribution in [1.29, 1.82) is 0 Å². The molecule has 4 nitrogen and oxygen atoms in total. The quantitative estimate of drug-likeness (QED) is 0.384. The molecule has 0 saturated heterocycles. The topological polar surface area (TPSA) is 89.3 Å². The summed E-state index contributed by atoms with van der Waals surface area (Å²) in [6, 6.07) is 2.71. The fraction of sp³-hybridized carbons (Fsp3) is 0. The molecule has 1 rings (SSSR count). The highest BCUT2D eigenvalue weighted by Gasteiger charge is 2.09. The number of nitrogens with two attached hydrogens (primary N) is 2. The van der Waals surface area contributed by atoms with Gasteiger partial charge in [-0.25, -0.2) is 4.79 Å². The van der Waals surface area contributed by atoms with Gasteiger partial charge in [0.15, 0.2) is 0 Å². The van der Waals surface area contributed by atoms with Gasteiger partial charge in [-0.2, -0.15) is 0 Å². The van der Waals surface area contributed by atoms with Gasteiger partial charge in [-0.05, 0) is 12.1 Å². The first-order valence-corrected chi connectivity index (χ1v) is 3.58. The van der Waals surface area contributed by atoms with Crippen LogP contribution in [-0.2, 0) is 0 Å². The van der Waals surface area contributed by atoms with Gasteiger partial charge in [-0.1, -0.05) is 0 Å². The molecule has 0 amide bonds. The van der Waals surface area contributed by atoms with Crippen LogP contribution in [0.2, 0.25) is 0 Å². The van der Waals surface area contributed by atoms with Crippen molar-refractivity contribution in [2.45, 2.75) is 4.90 Å². The molecule has 5 N–H and O–H groups in total. The number of hydrogen-bond acceptors (Lipinski definition) is 4. The lowest BCUT2D eigenvalue weighted by Crippen LogP contribution is -2.03. The molecule has 0 aromatic heterocycles. The summed E-state index contributed by atoms with van der Waals surface area (Å²) in [4.78, 5) is 11.0. The third-order valence-corrected chi connectivity index (χ3v) is 1.82. The number of rotatable bonds is 1. The van der Waals surface area contributed by atoms with Crippen LogP contribution in [0.5, 0.6) is 0 Å². The summed E-state index contributed by atoms with van der Waals surface area (Å²) in [7, 11) is 0. The van der Waals surface area contributed by atoms with Crippen LogP contribution in [0.1, 0.15) is 10.4 Å². The van der Waals surface area contributed by atoms with E-state index in [1.165, 1.54) is 12.1 Å². The van der Waals surface area contributed by atoms with E-state index in [1.54, 1.807) is 0 Å². The minimum Gasteiger partial charge on any atom is -0.478 e. The summed E-state index contributed by atoms with van der Waals surface area (Å²) >= 11 is 3.99. The van der Waals surface area contributed by atoms with Gasteiger partial charge in [0, 0.05) is 16.3 Å². The first-order valence-electron chi connectivity index (χ1n) is 3.13. The van der Waals surface area contributed by atoms with E-state index in [2.05, 4.69) is 12.6 Å². The summed E-state index contributed by atoms with van der Waals surface area (Å²) in [6.45, 7) is 0. The van der Waals surface area contributed by atoms with E-state index in [0.29, 0.717) is 10.6 Å². The number of carbonyl (C=O) groups is 1. The second kappa shape index (κ2) is 2.94. The largest absolute Gasteiger partial charge is 0.478 e. The van der Waals surface area contributed by atoms with Gasteiger partial charge in [0.25, 0.3) is 0 Å². The third kappa shape index (κ3) is 1.45. The molecule has 1 aromatic carbocycles. The van der Waals surface area contributed by atoms with E-state index < -0.39 is 5.97 Å². The van der Waals surface area contributed by atoms with Crippen LogP contribution in [0.3, 0.4) is 0 Å². The fourth-order valence-corrected chi connectivity index (χ4v) is 1.01. The van der Waals surface area contributed by atoms with Crippen molar-refractivity contribution in [1.82, 2.24) is 0 Å². The van der Waals surface area contributed by atoms with Crippen LogP contribution in [0, 0.1) is 0 Å². The van der Waals surface area contributed by atoms with Crippen molar-refractivity contribution in [3.63, 3.8) is 0 Å². The molecule has 0 spiro atoms. The van der Waals surface area contributed by atoms with Gasteiger partial charge >= 0.3 is 5.97 Å². The Morgan fingerprint density at radius 2 is 1.92 bits per heavy atom. The van der Waals surface area contributed by atoms with Gasteiger partial charge in [0.1, 0.15) is 0 Å². The van der Waals surface area contributed by atoms with E-state index in [1.807, 2.05) is 0 Å². The molecule has 0 bridgehead atoms. The van der Waals surface area contributed by atoms with Crippen molar-refractivity contribution in [3.05, 3.63) is 17.7 Å². The molecule has 0 unspecified atom stereocenters. The van der Waals surface area contributed by atoms with Crippen molar-refractivity contribution >= 4 is 30.0 Å². The summed E-state index contributed by atoms with van der Waals surface area (Å²) in [5.74, 6) is -1.09. The summed E-state index contributed by atoms with van der Waals surface area (Å²) in [6.07, 6.45) is 0. The zero-order valence-electron chi connectivity index (χ0n) is 6.11. The molecule has 0 aliphatic carbocycles. The van der Waals surface area contributed by atoms with E-state index in [-0.39, 0.29) is 11.3 Å². The lowest BCUT2D eigenvalue weighted by atomic mass is 10.1. The number of carboxylic acid groups (broad SMARTS) is 1. The first kappa shape index (κ1) is 8.73. The third-order valence-electron chi connectivity index (χ3n) is 1.43. The van der Waals surface area contributed by atoms with Gasteiger partial charge in [0.05, 0.1) is 5.56 Å². The Labute approximate surface area is 74.6 Å². The van der Waals surface area contributed by atoms with Gasteiger partial charge in [-0.3, -0.25) is 0 Å². The standard InChI is InChI=1S/C7H8N2O2S/c8-4-2-6(12)5(9)1-3(4)7(10)11/h1-2,12H,8-9H2,(H,10,11). The Hall–Kier alpha value is -1.36. The van der Waals surface area contributed by atoms with Crippen molar-refractivity contribution in [2.75, 3.05) is 11.5 Å². The van der Waals surface area contributed by atoms with Gasteiger partial charge < -0.3 is 16.6 Å². The average molecular weight is 184 g/mol. The number of hydrogen-bond donors (Lipinski definition) is 4. The minimum atomic E-state index is -1.09. The highest BCUT2D eigenvalue weighted by molar-refractivity contribution is 7.80. The smallest absolute Gasteiger partial charge is 0.337 e. The Bertz CT molecular complexity index is 338. The molecule has 0 heterocycles. The van der Waals surface area contributed by atoms with Crippen molar-refractivity contribution in [3.8, 4) is 0 Å². The second-order valence-electron chi connectivity index (χ2n) is 2.30. The van der Waals surface area contributed by atoms with Crippen LogP contribution in [0.15, 0.2) is 17.0 Å². The number of anilines is 2. The molecule has 0 aliphatic heterocycles. The van der Waals surface area contributed by atoms with Crippen molar-refractivity contribution < 1.29 is 9.90 Å². The van der Waals surface area contributed by atoms with E-state index in [9.17, 15) is 4.79 Å². The SMILES string of the molecule is Nc1cc(C(=O)O)c(N)cc1S. The average Bonchev–Trinajstić information content (AvgIpc) is 1.96. The van der Waals surface area contributed by atoms with E-state index in [4.69, 9.17) is 16.6 Å². The highest BCUT2D eigenvalue weighted by Crippen LogP contribution is 2.23. The van der Waals surface area contributed by atoms with Gasteiger partial charge in [-0.15, -0.1) is 12.6 Å². The molecular formula is C7H8N2O2S. The molecule has 0 fully saturated rings. The monoisotopic (exact) mass is 184 g/mol. The molecule has 1 aromatic rings. The molecule has 5 heteroatoms. The lowest BCUT2D eigenvalue weighted by Gasteiger charge is -2.04. The van der Waals surface area contributed by atoms with Crippen LogP contribution in [0.25, 0.3) is 0 Å². The lowest BCUT2D eigenvalue weighted by molar-refractivity contribution is 0.0698. The summed E-state index contributed by atoms with van der Waals surface area (Å²) in [5.41, 5.74) is 11.3. The predicted molar refractivity (Wildman–Crippen MR) is 49.5 cm³/mol. The number of aromatic carboxylic acids is 1. The maximum absolute atomic E-state index is 10.5. The predicted octanol–water partition coefficient (Wildman–Crippen LogP) is 0.838. The Morgan fingerprint density at radius 1 is 1.33 bits per heavy atom. The summed E-state index contributed by atoms with van der Waals surface area (Å²) in [5, 5.41) is 8.62. The molecule has 0 radical (unpaired) electrons. The zero-order chi connectivity index (χ0) is 9.30. The summed E-state index contributed by atoms with van der Waals surface area (Å²) < 4.78 is 0. The molecule has 12 heavy (non-hydrogen) atoms. The first-order chi connectivity index (χ1) is 5.52.